The maximum absolute atomic E-state index is 11.9. The first-order valence-electron chi connectivity index (χ1n) is 7.27. The van der Waals surface area contributed by atoms with Gasteiger partial charge in [-0.05, 0) is 43.4 Å². The van der Waals surface area contributed by atoms with Crippen LogP contribution in [0.25, 0.3) is 0 Å². The zero-order chi connectivity index (χ0) is 14.4. The molecule has 110 valence electrons. The van der Waals surface area contributed by atoms with Crippen LogP contribution < -0.4 is 11.1 Å². The summed E-state index contributed by atoms with van der Waals surface area (Å²) in [5.41, 5.74) is 7.66. The fourth-order valence-electron chi connectivity index (χ4n) is 2.57. The third kappa shape index (κ3) is 3.81. The summed E-state index contributed by atoms with van der Waals surface area (Å²) in [6.45, 7) is 1.23. The minimum absolute atomic E-state index is 0.0672. The van der Waals surface area contributed by atoms with Crippen LogP contribution in [0.1, 0.15) is 36.8 Å². The normalized spacial score (nSPS) is 16.5. The SMILES string of the molecule is COC1(CC(=O)NCc2ccc(CCN)cc2)CCC1. The van der Waals surface area contributed by atoms with E-state index in [4.69, 9.17) is 10.5 Å². The number of nitrogens with two attached hydrogens (primary N) is 1. The number of amides is 1. The first-order chi connectivity index (χ1) is 9.67. The van der Waals surface area contributed by atoms with Crippen LogP contribution in [0.15, 0.2) is 24.3 Å². The van der Waals surface area contributed by atoms with Crippen molar-refractivity contribution in [2.45, 2.75) is 44.2 Å². The number of ether oxygens (including phenoxy) is 1. The fraction of sp³-hybridized carbons (Fsp3) is 0.562. The lowest BCUT2D eigenvalue weighted by Crippen LogP contribution is -2.43. The van der Waals surface area contributed by atoms with Crippen molar-refractivity contribution in [3.05, 3.63) is 35.4 Å². The van der Waals surface area contributed by atoms with Crippen LogP contribution in [-0.2, 0) is 22.5 Å². The van der Waals surface area contributed by atoms with E-state index in [1.165, 1.54) is 5.56 Å². The molecule has 2 rings (SSSR count). The molecule has 1 fully saturated rings. The van der Waals surface area contributed by atoms with Crippen LogP contribution in [0.4, 0.5) is 0 Å². The van der Waals surface area contributed by atoms with Crippen molar-refractivity contribution in [3.63, 3.8) is 0 Å². The van der Waals surface area contributed by atoms with Gasteiger partial charge in [0.15, 0.2) is 0 Å². The highest BCUT2D eigenvalue weighted by molar-refractivity contribution is 5.77. The van der Waals surface area contributed by atoms with Gasteiger partial charge in [-0.25, -0.2) is 0 Å². The zero-order valence-electron chi connectivity index (χ0n) is 12.2. The molecule has 0 bridgehead atoms. The molecule has 0 radical (unpaired) electrons. The highest BCUT2D eigenvalue weighted by atomic mass is 16.5. The van der Waals surface area contributed by atoms with Crippen LogP contribution in [-0.4, -0.2) is 25.2 Å². The Kier molecular flexibility index (Phi) is 5.15. The number of hydrogen-bond acceptors (Lipinski definition) is 3. The standard InChI is InChI=1S/C16H24N2O2/c1-20-16(8-2-9-16)11-15(19)18-12-14-5-3-13(4-6-14)7-10-17/h3-6H,2,7-12,17H2,1H3,(H,18,19). The first-order valence-corrected chi connectivity index (χ1v) is 7.27. The summed E-state index contributed by atoms with van der Waals surface area (Å²) >= 11 is 0. The number of benzene rings is 1. The highest BCUT2D eigenvalue weighted by Crippen LogP contribution is 2.37. The first kappa shape index (κ1) is 15.0. The summed E-state index contributed by atoms with van der Waals surface area (Å²) in [4.78, 5) is 11.9. The average Bonchev–Trinajstić information content (AvgIpc) is 2.42. The van der Waals surface area contributed by atoms with Gasteiger partial charge in [0.05, 0.1) is 12.0 Å². The van der Waals surface area contributed by atoms with Crippen LogP contribution in [0, 0.1) is 0 Å². The van der Waals surface area contributed by atoms with Crippen molar-refractivity contribution in [2.24, 2.45) is 5.73 Å². The Morgan fingerprint density at radius 2 is 1.95 bits per heavy atom. The van der Waals surface area contributed by atoms with Crippen molar-refractivity contribution in [3.8, 4) is 0 Å². The van der Waals surface area contributed by atoms with E-state index in [1.54, 1.807) is 7.11 Å². The topological polar surface area (TPSA) is 64.3 Å². The van der Waals surface area contributed by atoms with Crippen LogP contribution >= 0.6 is 0 Å². The number of methoxy groups -OCH3 is 1. The molecule has 1 aliphatic rings. The van der Waals surface area contributed by atoms with Crippen LogP contribution in [0.2, 0.25) is 0 Å². The molecular formula is C16H24N2O2. The quantitative estimate of drug-likeness (QED) is 0.797. The van der Waals surface area contributed by atoms with Crippen LogP contribution in [0.5, 0.6) is 0 Å². The number of rotatable bonds is 7. The van der Waals surface area contributed by atoms with Gasteiger partial charge >= 0.3 is 0 Å². The molecule has 20 heavy (non-hydrogen) atoms. The van der Waals surface area contributed by atoms with Gasteiger partial charge in [0, 0.05) is 13.7 Å². The minimum Gasteiger partial charge on any atom is -0.378 e. The van der Waals surface area contributed by atoms with E-state index in [2.05, 4.69) is 17.4 Å². The van der Waals surface area contributed by atoms with E-state index in [0.29, 0.717) is 19.5 Å². The van der Waals surface area contributed by atoms with E-state index in [9.17, 15) is 4.79 Å². The molecule has 1 aromatic rings. The summed E-state index contributed by atoms with van der Waals surface area (Å²) in [5.74, 6) is 0.0672. The Hall–Kier alpha value is -1.39. The third-order valence-electron chi connectivity index (χ3n) is 4.13. The Balaban J connectivity index is 1.78. The van der Waals surface area contributed by atoms with Gasteiger partial charge in [-0.2, -0.15) is 0 Å². The molecule has 1 saturated carbocycles. The van der Waals surface area contributed by atoms with Gasteiger partial charge in [-0.1, -0.05) is 24.3 Å². The second kappa shape index (κ2) is 6.86. The predicted molar refractivity (Wildman–Crippen MR) is 79.3 cm³/mol. The molecule has 0 heterocycles. The number of carbonyl (C=O) groups is 1. The Morgan fingerprint density at radius 1 is 1.30 bits per heavy atom. The van der Waals surface area contributed by atoms with E-state index >= 15 is 0 Å². The number of hydrogen-bond donors (Lipinski definition) is 2. The molecule has 0 saturated heterocycles. The highest BCUT2D eigenvalue weighted by Gasteiger charge is 2.38. The summed E-state index contributed by atoms with van der Waals surface area (Å²) in [5, 5.41) is 2.96. The van der Waals surface area contributed by atoms with Crippen molar-refractivity contribution in [1.29, 1.82) is 0 Å². The molecule has 1 amide bonds. The van der Waals surface area contributed by atoms with Crippen molar-refractivity contribution in [2.75, 3.05) is 13.7 Å². The van der Waals surface area contributed by atoms with Gasteiger partial charge in [0.25, 0.3) is 0 Å². The molecule has 1 aliphatic carbocycles. The summed E-state index contributed by atoms with van der Waals surface area (Å²) in [6, 6.07) is 8.22. The maximum Gasteiger partial charge on any atom is 0.223 e. The number of carbonyl (C=O) groups excluding carboxylic acids is 1. The molecule has 0 unspecified atom stereocenters. The molecular weight excluding hydrogens is 252 g/mol. The molecule has 1 aromatic carbocycles. The van der Waals surface area contributed by atoms with Gasteiger partial charge < -0.3 is 15.8 Å². The van der Waals surface area contributed by atoms with Gasteiger partial charge in [0.1, 0.15) is 0 Å². The summed E-state index contributed by atoms with van der Waals surface area (Å²) < 4.78 is 5.47. The monoisotopic (exact) mass is 276 g/mol. The molecule has 0 spiro atoms. The predicted octanol–water partition coefficient (Wildman–Crippen LogP) is 1.76. The molecule has 4 nitrogen and oxygen atoms in total. The lowest BCUT2D eigenvalue weighted by Gasteiger charge is -2.39. The van der Waals surface area contributed by atoms with E-state index in [0.717, 1.165) is 31.2 Å². The van der Waals surface area contributed by atoms with Gasteiger partial charge in [-0.15, -0.1) is 0 Å². The van der Waals surface area contributed by atoms with E-state index < -0.39 is 0 Å². The zero-order valence-corrected chi connectivity index (χ0v) is 12.2. The molecule has 0 atom stereocenters. The lowest BCUT2D eigenvalue weighted by atomic mass is 9.77. The van der Waals surface area contributed by atoms with Crippen LogP contribution in [0.3, 0.4) is 0 Å². The number of nitrogens with one attached hydrogen (secondary N) is 1. The maximum atomic E-state index is 11.9. The molecule has 0 aromatic heterocycles. The fourth-order valence-corrected chi connectivity index (χ4v) is 2.57. The Labute approximate surface area is 120 Å². The smallest absolute Gasteiger partial charge is 0.223 e. The van der Waals surface area contributed by atoms with Crippen molar-refractivity contribution >= 4 is 5.91 Å². The largest absolute Gasteiger partial charge is 0.378 e. The molecule has 4 heteroatoms. The summed E-state index contributed by atoms with van der Waals surface area (Å²) in [6.07, 6.45) is 4.50. The van der Waals surface area contributed by atoms with E-state index in [1.807, 2.05) is 12.1 Å². The third-order valence-corrected chi connectivity index (χ3v) is 4.13. The Morgan fingerprint density at radius 3 is 2.45 bits per heavy atom. The van der Waals surface area contributed by atoms with Crippen molar-refractivity contribution < 1.29 is 9.53 Å². The van der Waals surface area contributed by atoms with Crippen molar-refractivity contribution in [1.82, 2.24) is 5.32 Å². The Bertz CT molecular complexity index is 433. The second-order valence-electron chi connectivity index (χ2n) is 5.55. The second-order valence-corrected chi connectivity index (χ2v) is 5.55. The summed E-state index contributed by atoms with van der Waals surface area (Å²) in [7, 11) is 1.70. The molecule has 0 aliphatic heterocycles. The van der Waals surface area contributed by atoms with Gasteiger partial charge in [0.2, 0.25) is 5.91 Å². The van der Waals surface area contributed by atoms with E-state index in [-0.39, 0.29) is 11.5 Å². The minimum atomic E-state index is -0.199. The lowest BCUT2D eigenvalue weighted by molar-refractivity contribution is -0.134. The van der Waals surface area contributed by atoms with Gasteiger partial charge in [-0.3, -0.25) is 4.79 Å². The average molecular weight is 276 g/mol. The molecule has 3 N–H and O–H groups in total.